The lowest BCUT2D eigenvalue weighted by Crippen LogP contribution is -2.10. The van der Waals surface area contributed by atoms with Crippen LogP contribution in [0.3, 0.4) is 0 Å². The zero-order valence-corrected chi connectivity index (χ0v) is 24.0. The van der Waals surface area contributed by atoms with E-state index in [2.05, 4.69) is 138 Å². The monoisotopic (exact) mass is 571 g/mol. The summed E-state index contributed by atoms with van der Waals surface area (Å²) in [6, 6.07) is 55.1. The topological polar surface area (TPSA) is 16.4 Å². The number of rotatable bonds is 5. The highest BCUT2D eigenvalue weighted by molar-refractivity contribution is 6.37. The molecule has 0 amide bonds. The molecular weight excluding hydrogens is 546 g/mol. The summed E-state index contributed by atoms with van der Waals surface area (Å²) < 4.78 is 6.33. The average Bonchev–Trinajstić information content (AvgIpc) is 3.46. The predicted molar refractivity (Wildman–Crippen MR) is 182 cm³/mol. The lowest BCUT2D eigenvalue weighted by atomic mass is 10.0. The van der Waals surface area contributed by atoms with Crippen molar-refractivity contribution in [3.05, 3.63) is 163 Å². The van der Waals surface area contributed by atoms with Gasteiger partial charge in [0.2, 0.25) is 0 Å². The van der Waals surface area contributed by atoms with Gasteiger partial charge in [-0.05, 0) is 75.5 Å². The third-order valence-corrected chi connectivity index (χ3v) is 8.38. The van der Waals surface area contributed by atoms with Crippen LogP contribution in [0.5, 0.6) is 0 Å². The van der Waals surface area contributed by atoms with Gasteiger partial charge in [-0.25, -0.2) is 0 Å². The average molecular weight is 572 g/mol. The second-order valence-corrected chi connectivity index (χ2v) is 11.1. The Bertz CT molecular complexity index is 2240. The van der Waals surface area contributed by atoms with Crippen LogP contribution in [0, 0.1) is 0 Å². The van der Waals surface area contributed by atoms with Gasteiger partial charge in [0.25, 0.3) is 0 Å². The van der Waals surface area contributed by atoms with Crippen LogP contribution in [-0.2, 0) is 0 Å². The number of furan rings is 1. The summed E-state index contributed by atoms with van der Waals surface area (Å²) in [7, 11) is 0. The van der Waals surface area contributed by atoms with Crippen molar-refractivity contribution in [1.29, 1.82) is 0 Å². The normalized spacial score (nSPS) is 11.4. The standard InChI is InChI=1S/C40H26ClNO/c41-37-26-34(25-36-39-35-17-8-7-14-30(35)20-23-38(39)43-40(36)37)42(32-21-18-29(19-22-32)27-10-3-1-4-11-27)33-16-9-15-31(24-33)28-12-5-2-6-13-28/h1-26H. The van der Waals surface area contributed by atoms with Crippen molar-refractivity contribution in [2.24, 2.45) is 0 Å². The van der Waals surface area contributed by atoms with E-state index >= 15 is 0 Å². The first-order chi connectivity index (χ1) is 21.2. The van der Waals surface area contributed by atoms with E-state index in [0.717, 1.165) is 44.4 Å². The fourth-order valence-electron chi connectivity index (χ4n) is 6.06. The zero-order valence-electron chi connectivity index (χ0n) is 23.2. The third-order valence-electron chi connectivity index (χ3n) is 8.10. The Morgan fingerprint density at radius 1 is 0.442 bits per heavy atom. The Morgan fingerprint density at radius 3 is 1.86 bits per heavy atom. The molecule has 0 atom stereocenters. The minimum atomic E-state index is 0.581. The van der Waals surface area contributed by atoms with Crippen LogP contribution in [0.2, 0.25) is 5.02 Å². The molecule has 0 fully saturated rings. The first-order valence-corrected chi connectivity index (χ1v) is 14.8. The van der Waals surface area contributed by atoms with Crippen molar-refractivity contribution in [1.82, 2.24) is 0 Å². The van der Waals surface area contributed by atoms with Gasteiger partial charge in [0, 0.05) is 27.8 Å². The molecule has 2 nitrogen and oxygen atoms in total. The van der Waals surface area contributed by atoms with Crippen LogP contribution >= 0.6 is 11.6 Å². The van der Waals surface area contributed by atoms with E-state index in [-0.39, 0.29) is 0 Å². The maximum Gasteiger partial charge on any atom is 0.154 e. The van der Waals surface area contributed by atoms with Crippen molar-refractivity contribution >= 4 is 61.4 Å². The Hall–Kier alpha value is -5.31. The molecule has 0 radical (unpaired) electrons. The molecule has 0 saturated carbocycles. The Kier molecular flexibility index (Phi) is 6.21. The number of fused-ring (bicyclic) bond motifs is 5. The van der Waals surface area contributed by atoms with E-state index in [9.17, 15) is 0 Å². The van der Waals surface area contributed by atoms with Gasteiger partial charge in [-0.2, -0.15) is 0 Å². The largest absolute Gasteiger partial charge is 0.454 e. The lowest BCUT2D eigenvalue weighted by Gasteiger charge is -2.26. The minimum absolute atomic E-state index is 0.581. The van der Waals surface area contributed by atoms with Crippen LogP contribution in [0.25, 0.3) is 55.0 Å². The van der Waals surface area contributed by atoms with E-state index < -0.39 is 0 Å². The minimum Gasteiger partial charge on any atom is -0.454 e. The van der Waals surface area contributed by atoms with Crippen molar-refractivity contribution in [2.45, 2.75) is 0 Å². The zero-order chi connectivity index (χ0) is 28.8. The summed E-state index contributed by atoms with van der Waals surface area (Å²) in [5, 5.41) is 4.98. The van der Waals surface area contributed by atoms with E-state index in [4.69, 9.17) is 16.0 Å². The molecule has 1 heterocycles. The van der Waals surface area contributed by atoms with E-state index in [1.54, 1.807) is 0 Å². The molecule has 0 unspecified atom stereocenters. The molecular formula is C40H26ClNO. The van der Waals surface area contributed by atoms with E-state index in [0.29, 0.717) is 10.6 Å². The van der Waals surface area contributed by atoms with Gasteiger partial charge in [0.05, 0.1) is 5.02 Å². The molecule has 0 aliphatic rings. The first kappa shape index (κ1) is 25.4. The molecule has 0 aliphatic heterocycles. The Balaban J connectivity index is 1.35. The highest BCUT2D eigenvalue weighted by Gasteiger charge is 2.19. The smallest absolute Gasteiger partial charge is 0.154 e. The Labute approximate surface area is 255 Å². The highest BCUT2D eigenvalue weighted by atomic mass is 35.5. The summed E-state index contributed by atoms with van der Waals surface area (Å²) >= 11 is 7.02. The summed E-state index contributed by atoms with van der Waals surface area (Å²) in [5.74, 6) is 0. The summed E-state index contributed by atoms with van der Waals surface area (Å²) in [5.41, 5.74) is 9.26. The van der Waals surface area contributed by atoms with Gasteiger partial charge < -0.3 is 9.32 Å². The second-order valence-electron chi connectivity index (χ2n) is 10.7. The number of anilines is 3. The van der Waals surface area contributed by atoms with E-state index in [1.807, 2.05) is 24.3 Å². The molecule has 204 valence electrons. The Morgan fingerprint density at radius 2 is 1.09 bits per heavy atom. The van der Waals surface area contributed by atoms with Crippen LogP contribution in [0.4, 0.5) is 17.1 Å². The molecule has 8 rings (SSSR count). The van der Waals surface area contributed by atoms with Gasteiger partial charge in [0.15, 0.2) is 5.58 Å². The van der Waals surface area contributed by atoms with Gasteiger partial charge >= 0.3 is 0 Å². The number of benzene rings is 7. The summed E-state index contributed by atoms with van der Waals surface area (Å²) in [6.07, 6.45) is 0. The highest BCUT2D eigenvalue weighted by Crippen LogP contribution is 2.44. The molecule has 3 heteroatoms. The maximum absolute atomic E-state index is 7.02. The predicted octanol–water partition coefficient (Wildman–Crippen LogP) is 12.2. The molecule has 8 aromatic rings. The lowest BCUT2D eigenvalue weighted by molar-refractivity contribution is 0.669. The molecule has 0 aliphatic carbocycles. The number of nitrogens with zero attached hydrogens (tertiary/aromatic N) is 1. The summed E-state index contributed by atoms with van der Waals surface area (Å²) in [6.45, 7) is 0. The van der Waals surface area contributed by atoms with E-state index in [1.165, 1.54) is 22.1 Å². The SMILES string of the molecule is Clc1cc(N(c2ccc(-c3ccccc3)cc2)c2cccc(-c3ccccc3)c2)cc2c1oc1ccc3ccccc3c12. The van der Waals surface area contributed by atoms with Crippen LogP contribution in [0.15, 0.2) is 162 Å². The fourth-order valence-corrected chi connectivity index (χ4v) is 6.31. The number of halogens is 1. The quantitative estimate of drug-likeness (QED) is 0.204. The summed E-state index contributed by atoms with van der Waals surface area (Å²) in [4.78, 5) is 2.27. The van der Waals surface area contributed by atoms with Crippen LogP contribution < -0.4 is 4.90 Å². The van der Waals surface area contributed by atoms with Crippen LogP contribution in [0.1, 0.15) is 0 Å². The van der Waals surface area contributed by atoms with Gasteiger partial charge in [-0.1, -0.05) is 127 Å². The van der Waals surface area contributed by atoms with Crippen LogP contribution in [-0.4, -0.2) is 0 Å². The molecule has 0 N–H and O–H groups in total. The van der Waals surface area contributed by atoms with Crippen molar-refractivity contribution in [3.63, 3.8) is 0 Å². The maximum atomic E-state index is 7.02. The number of hydrogen-bond donors (Lipinski definition) is 0. The molecule has 7 aromatic carbocycles. The molecule has 43 heavy (non-hydrogen) atoms. The molecule has 0 saturated heterocycles. The van der Waals surface area contributed by atoms with Gasteiger partial charge in [-0.15, -0.1) is 0 Å². The molecule has 0 spiro atoms. The van der Waals surface area contributed by atoms with Gasteiger partial charge in [0.1, 0.15) is 5.58 Å². The number of hydrogen-bond acceptors (Lipinski definition) is 2. The second kappa shape index (κ2) is 10.5. The van der Waals surface area contributed by atoms with Crippen molar-refractivity contribution in [2.75, 3.05) is 4.90 Å². The molecule has 0 bridgehead atoms. The molecule has 1 aromatic heterocycles. The fraction of sp³-hybridized carbons (Fsp3) is 0. The van der Waals surface area contributed by atoms with Crippen molar-refractivity contribution in [3.8, 4) is 22.3 Å². The first-order valence-electron chi connectivity index (χ1n) is 14.4. The van der Waals surface area contributed by atoms with Crippen molar-refractivity contribution < 1.29 is 4.42 Å². The van der Waals surface area contributed by atoms with Gasteiger partial charge in [-0.3, -0.25) is 0 Å². The third kappa shape index (κ3) is 4.53.